The van der Waals surface area contributed by atoms with E-state index in [2.05, 4.69) is 27.9 Å². The Balaban J connectivity index is 2.03. The summed E-state index contributed by atoms with van der Waals surface area (Å²) in [7, 11) is 0. The van der Waals surface area contributed by atoms with Crippen molar-refractivity contribution in [1.82, 2.24) is 0 Å². The van der Waals surface area contributed by atoms with Crippen molar-refractivity contribution in [3.05, 3.63) is 52.1 Å². The van der Waals surface area contributed by atoms with Gasteiger partial charge in [-0.1, -0.05) is 13.0 Å². The van der Waals surface area contributed by atoms with E-state index in [0.29, 0.717) is 5.69 Å². The fourth-order valence-corrected chi connectivity index (χ4v) is 3.21. The summed E-state index contributed by atoms with van der Waals surface area (Å²) in [5, 5.41) is 2.83. The zero-order valence-corrected chi connectivity index (χ0v) is 14.6. The summed E-state index contributed by atoms with van der Waals surface area (Å²) in [6.45, 7) is 2.01. The van der Waals surface area contributed by atoms with Gasteiger partial charge in [0.25, 0.3) is 0 Å². The molecule has 2 aromatic rings. The molecule has 0 saturated carbocycles. The fourth-order valence-electron chi connectivity index (χ4n) is 1.83. The number of carbonyl (C=O) groups excluding carboxylic acids is 1. The van der Waals surface area contributed by atoms with Crippen molar-refractivity contribution in [3.8, 4) is 0 Å². The zero-order chi connectivity index (χ0) is 15.2. The lowest BCUT2D eigenvalue weighted by molar-refractivity contribution is -0.115. The van der Waals surface area contributed by atoms with Gasteiger partial charge in [-0.05, 0) is 71.5 Å². The van der Waals surface area contributed by atoms with Gasteiger partial charge in [0.05, 0.1) is 5.25 Å². The van der Waals surface area contributed by atoms with Crippen LogP contribution >= 0.6 is 34.4 Å². The van der Waals surface area contributed by atoms with Crippen molar-refractivity contribution >= 4 is 51.6 Å². The van der Waals surface area contributed by atoms with Crippen molar-refractivity contribution in [2.45, 2.75) is 23.5 Å². The standard InChI is InChI=1S/C16H17IN2OS/c1-2-15(21-14-5-3-4-12(18)10-14)16(20)19-13-8-6-11(17)7-9-13/h3-10,15H,2,18H2,1H3,(H,19,20). The largest absolute Gasteiger partial charge is 0.399 e. The molecular formula is C16H17IN2OS. The van der Waals surface area contributed by atoms with Crippen molar-refractivity contribution in [3.63, 3.8) is 0 Å². The van der Waals surface area contributed by atoms with Crippen LogP contribution in [0, 0.1) is 3.57 Å². The first-order chi connectivity index (χ1) is 10.1. The van der Waals surface area contributed by atoms with E-state index >= 15 is 0 Å². The molecule has 0 saturated heterocycles. The summed E-state index contributed by atoms with van der Waals surface area (Å²) in [4.78, 5) is 13.4. The number of hydrogen-bond acceptors (Lipinski definition) is 3. The van der Waals surface area contributed by atoms with Crippen LogP contribution in [0.5, 0.6) is 0 Å². The van der Waals surface area contributed by atoms with Gasteiger partial charge < -0.3 is 11.1 Å². The van der Waals surface area contributed by atoms with Gasteiger partial charge in [0.2, 0.25) is 5.91 Å². The maximum Gasteiger partial charge on any atom is 0.237 e. The third-order valence-electron chi connectivity index (χ3n) is 2.91. The van der Waals surface area contributed by atoms with Gasteiger partial charge in [-0.2, -0.15) is 0 Å². The van der Waals surface area contributed by atoms with Gasteiger partial charge in [-0.3, -0.25) is 4.79 Å². The van der Waals surface area contributed by atoms with E-state index in [4.69, 9.17) is 5.73 Å². The molecule has 0 aliphatic carbocycles. The summed E-state index contributed by atoms with van der Waals surface area (Å²) in [5.41, 5.74) is 7.32. The van der Waals surface area contributed by atoms with E-state index in [0.717, 1.165) is 20.6 Å². The lowest BCUT2D eigenvalue weighted by Gasteiger charge is -2.15. The minimum Gasteiger partial charge on any atom is -0.399 e. The maximum absolute atomic E-state index is 12.4. The SMILES string of the molecule is CCC(Sc1cccc(N)c1)C(=O)Nc1ccc(I)cc1. The Hall–Kier alpha value is -1.21. The number of amides is 1. The lowest BCUT2D eigenvalue weighted by atomic mass is 10.3. The minimum absolute atomic E-state index is 0.0196. The molecular weight excluding hydrogens is 395 g/mol. The average molecular weight is 412 g/mol. The predicted molar refractivity (Wildman–Crippen MR) is 98.6 cm³/mol. The molecule has 0 fully saturated rings. The van der Waals surface area contributed by atoms with Crippen molar-refractivity contribution in [2.75, 3.05) is 11.1 Å². The molecule has 0 aliphatic rings. The highest BCUT2D eigenvalue weighted by Gasteiger charge is 2.18. The number of carbonyl (C=O) groups is 1. The highest BCUT2D eigenvalue weighted by molar-refractivity contribution is 14.1. The molecule has 21 heavy (non-hydrogen) atoms. The predicted octanol–water partition coefficient (Wildman–Crippen LogP) is 4.38. The Kier molecular flexibility index (Phi) is 5.93. The monoisotopic (exact) mass is 412 g/mol. The molecule has 0 radical (unpaired) electrons. The van der Waals surface area contributed by atoms with E-state index in [9.17, 15) is 4.79 Å². The molecule has 0 spiro atoms. The maximum atomic E-state index is 12.4. The molecule has 2 rings (SSSR count). The van der Waals surface area contributed by atoms with Crippen LogP contribution < -0.4 is 11.1 Å². The molecule has 3 nitrogen and oxygen atoms in total. The van der Waals surface area contributed by atoms with E-state index in [1.807, 2.05) is 55.5 Å². The van der Waals surface area contributed by atoms with Crippen LogP contribution in [0.1, 0.15) is 13.3 Å². The highest BCUT2D eigenvalue weighted by Crippen LogP contribution is 2.27. The van der Waals surface area contributed by atoms with Gasteiger partial charge in [0.1, 0.15) is 0 Å². The smallest absolute Gasteiger partial charge is 0.237 e. The van der Waals surface area contributed by atoms with Crippen LogP contribution in [0.4, 0.5) is 11.4 Å². The number of hydrogen-bond donors (Lipinski definition) is 2. The second kappa shape index (κ2) is 7.70. The van der Waals surface area contributed by atoms with Crippen LogP contribution in [-0.4, -0.2) is 11.2 Å². The molecule has 2 aromatic carbocycles. The van der Waals surface area contributed by atoms with Crippen LogP contribution in [0.15, 0.2) is 53.4 Å². The average Bonchev–Trinajstić information content (AvgIpc) is 2.47. The van der Waals surface area contributed by atoms with Crippen molar-refractivity contribution < 1.29 is 4.79 Å². The Bertz CT molecular complexity index is 616. The molecule has 5 heteroatoms. The molecule has 1 amide bonds. The van der Waals surface area contributed by atoms with E-state index in [1.165, 1.54) is 11.8 Å². The Morgan fingerprint density at radius 1 is 1.29 bits per heavy atom. The van der Waals surface area contributed by atoms with Crippen LogP contribution in [0.2, 0.25) is 0 Å². The molecule has 1 atom stereocenters. The Labute approximate surface area is 142 Å². The van der Waals surface area contributed by atoms with Crippen molar-refractivity contribution in [2.24, 2.45) is 0 Å². The number of benzene rings is 2. The number of nitrogen functional groups attached to an aromatic ring is 1. The first kappa shape index (κ1) is 16.2. The first-order valence-corrected chi connectivity index (χ1v) is 8.63. The number of anilines is 2. The van der Waals surface area contributed by atoms with Crippen LogP contribution in [0.25, 0.3) is 0 Å². The highest BCUT2D eigenvalue weighted by atomic mass is 127. The van der Waals surface area contributed by atoms with E-state index in [-0.39, 0.29) is 11.2 Å². The third kappa shape index (κ3) is 4.93. The van der Waals surface area contributed by atoms with Crippen LogP contribution in [-0.2, 0) is 4.79 Å². The van der Waals surface area contributed by atoms with Crippen LogP contribution in [0.3, 0.4) is 0 Å². The number of thioether (sulfide) groups is 1. The Morgan fingerprint density at radius 3 is 2.62 bits per heavy atom. The quantitative estimate of drug-likeness (QED) is 0.435. The lowest BCUT2D eigenvalue weighted by Crippen LogP contribution is -2.24. The summed E-state index contributed by atoms with van der Waals surface area (Å²) >= 11 is 3.78. The first-order valence-electron chi connectivity index (χ1n) is 6.67. The van der Waals surface area contributed by atoms with E-state index in [1.54, 1.807) is 0 Å². The number of halogens is 1. The molecule has 3 N–H and O–H groups in total. The number of nitrogens with one attached hydrogen (secondary N) is 1. The van der Waals surface area contributed by atoms with Gasteiger partial charge in [-0.25, -0.2) is 0 Å². The van der Waals surface area contributed by atoms with Crippen molar-refractivity contribution in [1.29, 1.82) is 0 Å². The van der Waals surface area contributed by atoms with Gasteiger partial charge >= 0.3 is 0 Å². The fraction of sp³-hybridized carbons (Fsp3) is 0.188. The molecule has 0 bridgehead atoms. The van der Waals surface area contributed by atoms with Gasteiger partial charge in [0.15, 0.2) is 0 Å². The van der Waals surface area contributed by atoms with E-state index < -0.39 is 0 Å². The summed E-state index contributed by atoms with van der Waals surface area (Å²) in [6, 6.07) is 15.4. The second-order valence-electron chi connectivity index (χ2n) is 4.58. The molecule has 0 aromatic heterocycles. The third-order valence-corrected chi connectivity index (χ3v) is 4.99. The minimum atomic E-state index is -0.133. The number of nitrogens with two attached hydrogens (primary N) is 1. The summed E-state index contributed by atoms with van der Waals surface area (Å²) < 4.78 is 1.15. The topological polar surface area (TPSA) is 55.1 Å². The normalized spacial score (nSPS) is 11.9. The molecule has 0 aliphatic heterocycles. The second-order valence-corrected chi connectivity index (χ2v) is 7.11. The van der Waals surface area contributed by atoms with Gasteiger partial charge in [0, 0.05) is 19.8 Å². The van der Waals surface area contributed by atoms with Gasteiger partial charge in [-0.15, -0.1) is 11.8 Å². The summed E-state index contributed by atoms with van der Waals surface area (Å²) in [5.74, 6) is 0.0196. The summed E-state index contributed by atoms with van der Waals surface area (Å²) in [6.07, 6.45) is 0.760. The zero-order valence-electron chi connectivity index (χ0n) is 11.7. The molecule has 0 heterocycles. The number of rotatable bonds is 5. The molecule has 1 unspecified atom stereocenters. The Morgan fingerprint density at radius 2 is 2.00 bits per heavy atom. The molecule has 110 valence electrons.